The standard InChI is InChI=1S/C13H19NO3S2/c1-10(18(2)15)7-8-14-12-9-19(16,17)13-6-4-3-5-11(12)13/h3-6,10,12,14H,7-9H2,1-2H3. The van der Waals surface area contributed by atoms with Crippen LogP contribution in [0.4, 0.5) is 0 Å². The molecule has 1 aliphatic rings. The topological polar surface area (TPSA) is 63.2 Å². The number of fused-ring (bicyclic) bond motifs is 1. The lowest BCUT2D eigenvalue weighted by Crippen LogP contribution is -2.26. The van der Waals surface area contributed by atoms with Crippen LogP contribution in [0, 0.1) is 0 Å². The van der Waals surface area contributed by atoms with Crippen molar-refractivity contribution in [2.45, 2.75) is 29.5 Å². The van der Waals surface area contributed by atoms with Crippen LogP contribution in [0.5, 0.6) is 0 Å². The lowest BCUT2D eigenvalue weighted by molar-refractivity contribution is 0.551. The predicted molar refractivity (Wildman–Crippen MR) is 77.4 cm³/mol. The first-order valence-corrected chi connectivity index (χ1v) is 9.56. The number of nitrogens with one attached hydrogen (secondary N) is 1. The van der Waals surface area contributed by atoms with Crippen LogP contribution < -0.4 is 5.32 Å². The summed E-state index contributed by atoms with van der Waals surface area (Å²) in [5.41, 5.74) is 0.854. The molecule has 1 N–H and O–H groups in total. The Balaban J connectivity index is 2.03. The highest BCUT2D eigenvalue weighted by molar-refractivity contribution is 7.91. The van der Waals surface area contributed by atoms with Gasteiger partial charge >= 0.3 is 0 Å². The minimum absolute atomic E-state index is 0.121. The molecule has 3 unspecified atom stereocenters. The Kier molecular flexibility index (Phi) is 4.43. The van der Waals surface area contributed by atoms with Crippen LogP contribution in [-0.4, -0.2) is 36.4 Å². The molecule has 3 atom stereocenters. The third-order valence-corrected chi connectivity index (χ3v) is 6.71. The van der Waals surface area contributed by atoms with E-state index in [0.29, 0.717) is 11.4 Å². The molecule has 0 aromatic heterocycles. The van der Waals surface area contributed by atoms with Crippen LogP contribution in [-0.2, 0) is 20.6 Å². The molecule has 0 spiro atoms. The number of sulfone groups is 1. The Hall–Kier alpha value is -0.720. The van der Waals surface area contributed by atoms with Gasteiger partial charge in [-0.3, -0.25) is 4.21 Å². The Morgan fingerprint density at radius 1 is 1.42 bits per heavy atom. The van der Waals surface area contributed by atoms with E-state index in [1.54, 1.807) is 18.4 Å². The van der Waals surface area contributed by atoms with Gasteiger partial charge in [0, 0.05) is 28.3 Å². The van der Waals surface area contributed by atoms with E-state index in [-0.39, 0.29) is 17.0 Å². The van der Waals surface area contributed by atoms with Crippen molar-refractivity contribution in [1.29, 1.82) is 0 Å². The molecular formula is C13H19NO3S2. The Labute approximate surface area is 117 Å². The van der Waals surface area contributed by atoms with Crippen molar-refractivity contribution in [3.8, 4) is 0 Å². The van der Waals surface area contributed by atoms with Gasteiger partial charge in [-0.25, -0.2) is 8.42 Å². The summed E-state index contributed by atoms with van der Waals surface area (Å²) in [5.74, 6) is 0.121. The van der Waals surface area contributed by atoms with Crippen molar-refractivity contribution in [3.63, 3.8) is 0 Å². The number of rotatable bonds is 5. The van der Waals surface area contributed by atoms with Crippen LogP contribution in [0.25, 0.3) is 0 Å². The normalized spacial score (nSPS) is 23.8. The highest BCUT2D eigenvalue weighted by Crippen LogP contribution is 2.32. The lowest BCUT2D eigenvalue weighted by Gasteiger charge is -2.14. The molecule has 0 aliphatic carbocycles. The maximum absolute atomic E-state index is 12.0. The molecule has 1 heterocycles. The lowest BCUT2D eigenvalue weighted by atomic mass is 10.1. The van der Waals surface area contributed by atoms with E-state index >= 15 is 0 Å². The van der Waals surface area contributed by atoms with Crippen LogP contribution in [0.15, 0.2) is 29.2 Å². The third kappa shape index (κ3) is 3.24. The van der Waals surface area contributed by atoms with Gasteiger partial charge in [-0.2, -0.15) is 0 Å². The number of benzene rings is 1. The summed E-state index contributed by atoms with van der Waals surface area (Å²) < 4.78 is 35.2. The van der Waals surface area contributed by atoms with Crippen molar-refractivity contribution < 1.29 is 12.6 Å². The van der Waals surface area contributed by atoms with Gasteiger partial charge in [-0.15, -0.1) is 0 Å². The van der Waals surface area contributed by atoms with Gasteiger partial charge in [0.2, 0.25) is 0 Å². The largest absolute Gasteiger partial charge is 0.309 e. The van der Waals surface area contributed by atoms with Gasteiger partial charge in [0.15, 0.2) is 9.84 Å². The van der Waals surface area contributed by atoms with Gasteiger partial charge in [0.1, 0.15) is 0 Å². The molecular weight excluding hydrogens is 282 g/mol. The minimum Gasteiger partial charge on any atom is -0.309 e. The Morgan fingerprint density at radius 2 is 2.11 bits per heavy atom. The molecule has 1 aliphatic heterocycles. The average molecular weight is 301 g/mol. The highest BCUT2D eigenvalue weighted by atomic mass is 32.2. The summed E-state index contributed by atoms with van der Waals surface area (Å²) in [6.45, 7) is 2.62. The van der Waals surface area contributed by atoms with E-state index in [1.807, 2.05) is 19.1 Å². The molecule has 0 fully saturated rings. The zero-order valence-electron chi connectivity index (χ0n) is 11.1. The fourth-order valence-corrected chi connectivity index (χ4v) is 4.47. The smallest absolute Gasteiger partial charge is 0.180 e. The van der Waals surface area contributed by atoms with E-state index in [9.17, 15) is 12.6 Å². The number of hydrogen-bond donors (Lipinski definition) is 1. The quantitative estimate of drug-likeness (QED) is 0.889. The summed E-state index contributed by atoms with van der Waals surface area (Å²) in [7, 11) is -3.98. The molecule has 0 saturated carbocycles. The molecule has 19 heavy (non-hydrogen) atoms. The van der Waals surface area contributed by atoms with Crippen LogP contribution >= 0.6 is 0 Å². The van der Waals surface area contributed by atoms with Gasteiger partial charge in [-0.05, 0) is 24.6 Å². The fourth-order valence-electron chi connectivity index (χ4n) is 2.25. The molecule has 2 rings (SSSR count). The molecule has 0 amide bonds. The molecule has 0 bridgehead atoms. The molecule has 1 aromatic rings. The molecule has 0 saturated heterocycles. The van der Waals surface area contributed by atoms with E-state index < -0.39 is 20.6 Å². The molecule has 1 aromatic carbocycles. The van der Waals surface area contributed by atoms with Gasteiger partial charge in [-0.1, -0.05) is 25.1 Å². The van der Waals surface area contributed by atoms with Gasteiger partial charge in [0.05, 0.1) is 10.6 Å². The summed E-state index contributed by atoms with van der Waals surface area (Å²) in [6.07, 6.45) is 2.47. The van der Waals surface area contributed by atoms with Crippen molar-refractivity contribution >= 4 is 20.6 Å². The first-order chi connectivity index (χ1) is 8.92. The van der Waals surface area contributed by atoms with Crippen LogP contribution in [0.3, 0.4) is 0 Å². The zero-order chi connectivity index (χ0) is 14.0. The average Bonchev–Trinajstić information content (AvgIpc) is 2.62. The summed E-state index contributed by atoms with van der Waals surface area (Å²) >= 11 is 0. The zero-order valence-corrected chi connectivity index (χ0v) is 12.8. The van der Waals surface area contributed by atoms with Crippen LogP contribution in [0.2, 0.25) is 0 Å². The molecule has 0 radical (unpaired) electrons. The van der Waals surface area contributed by atoms with E-state index in [4.69, 9.17) is 0 Å². The third-order valence-electron chi connectivity index (χ3n) is 3.52. The van der Waals surface area contributed by atoms with Crippen molar-refractivity contribution in [3.05, 3.63) is 29.8 Å². The van der Waals surface area contributed by atoms with Crippen molar-refractivity contribution in [1.82, 2.24) is 5.32 Å². The SMILES string of the molecule is CC(CCNC1CS(=O)(=O)c2ccccc21)S(C)=O. The first kappa shape index (κ1) is 14.7. The maximum atomic E-state index is 12.0. The summed E-state index contributed by atoms with van der Waals surface area (Å²) in [5, 5.41) is 3.39. The van der Waals surface area contributed by atoms with Crippen molar-refractivity contribution in [2.24, 2.45) is 0 Å². The summed E-state index contributed by atoms with van der Waals surface area (Å²) in [6, 6.07) is 6.99. The Bertz CT molecular complexity index is 583. The second-order valence-corrected chi connectivity index (χ2v) is 8.73. The van der Waals surface area contributed by atoms with Gasteiger partial charge in [0.25, 0.3) is 0 Å². The van der Waals surface area contributed by atoms with Crippen LogP contribution in [0.1, 0.15) is 24.9 Å². The maximum Gasteiger partial charge on any atom is 0.180 e. The monoisotopic (exact) mass is 301 g/mol. The molecule has 4 nitrogen and oxygen atoms in total. The van der Waals surface area contributed by atoms with Gasteiger partial charge < -0.3 is 5.32 Å². The fraction of sp³-hybridized carbons (Fsp3) is 0.538. The van der Waals surface area contributed by atoms with E-state index in [1.165, 1.54) is 0 Å². The molecule has 6 heteroatoms. The van der Waals surface area contributed by atoms with Crippen molar-refractivity contribution in [2.75, 3.05) is 18.6 Å². The number of hydrogen-bond acceptors (Lipinski definition) is 4. The highest BCUT2D eigenvalue weighted by Gasteiger charge is 2.33. The van der Waals surface area contributed by atoms with E-state index in [2.05, 4.69) is 5.32 Å². The Morgan fingerprint density at radius 3 is 2.79 bits per heavy atom. The summed E-state index contributed by atoms with van der Waals surface area (Å²) in [4.78, 5) is 0.444. The predicted octanol–water partition coefficient (Wildman–Crippen LogP) is 1.26. The first-order valence-electron chi connectivity index (χ1n) is 6.29. The minimum atomic E-state index is -3.14. The molecule has 106 valence electrons. The second-order valence-electron chi connectivity index (χ2n) is 4.92. The second kappa shape index (κ2) is 5.73. The van der Waals surface area contributed by atoms with E-state index in [0.717, 1.165) is 12.0 Å².